The van der Waals surface area contributed by atoms with Crippen molar-refractivity contribution >= 4 is 11.9 Å². The van der Waals surface area contributed by atoms with E-state index in [1.54, 1.807) is 12.4 Å². The first-order chi connectivity index (χ1) is 20.6. The Morgan fingerprint density at radius 3 is 2.25 bits per heavy atom. The van der Waals surface area contributed by atoms with Crippen molar-refractivity contribution in [1.29, 1.82) is 5.26 Å². The Bertz CT molecular complexity index is 1390. The van der Waals surface area contributed by atoms with Crippen LogP contribution in [0.5, 0.6) is 5.75 Å². The summed E-state index contributed by atoms with van der Waals surface area (Å²) in [5, 5.41) is 22.5. The number of carbonyl (C=O) groups is 1. The lowest BCUT2D eigenvalue weighted by Gasteiger charge is -2.63. The molecule has 9 heteroatoms. The number of amides is 1. The van der Waals surface area contributed by atoms with Crippen LogP contribution in [0.2, 0.25) is 0 Å². The van der Waals surface area contributed by atoms with Gasteiger partial charge in [0, 0.05) is 62.0 Å². The van der Waals surface area contributed by atoms with Crippen LogP contribution in [-0.4, -0.2) is 76.9 Å². The zero-order chi connectivity index (χ0) is 32.0. The third kappa shape index (κ3) is 6.03. The lowest BCUT2D eigenvalue weighted by molar-refractivity contribution is -0.164. The topological polar surface area (TPSA) is 115 Å². The van der Waals surface area contributed by atoms with Crippen molar-refractivity contribution in [3.05, 3.63) is 46.8 Å². The minimum absolute atomic E-state index is 0.0999. The molecule has 0 radical (unpaired) electrons. The highest BCUT2D eigenvalue weighted by molar-refractivity contribution is 5.94. The second-order valence-corrected chi connectivity index (χ2v) is 15.2. The fraction of sp³-hybridized carbons (Fsp3) is 0.657. The Kier molecular flexibility index (Phi) is 8.73. The van der Waals surface area contributed by atoms with Crippen LogP contribution < -0.4 is 15.0 Å². The molecule has 1 saturated carbocycles. The van der Waals surface area contributed by atoms with E-state index in [1.165, 1.54) is 0 Å². The van der Waals surface area contributed by atoms with Crippen molar-refractivity contribution in [3.8, 4) is 11.8 Å². The molecule has 1 aromatic carbocycles. The van der Waals surface area contributed by atoms with Crippen molar-refractivity contribution in [2.45, 2.75) is 92.9 Å². The first-order valence-corrected chi connectivity index (χ1v) is 16.1. The summed E-state index contributed by atoms with van der Waals surface area (Å²) in [5.74, 6) is 1.84. The molecule has 44 heavy (non-hydrogen) atoms. The van der Waals surface area contributed by atoms with E-state index in [-0.39, 0.29) is 40.4 Å². The number of ether oxygens (including phenoxy) is 1. The molecule has 238 valence electrons. The first kappa shape index (κ1) is 32.2. The summed E-state index contributed by atoms with van der Waals surface area (Å²) in [6, 6.07) is 5.81. The fourth-order valence-electron chi connectivity index (χ4n) is 8.11. The zero-order valence-corrected chi connectivity index (χ0v) is 27.8. The van der Waals surface area contributed by atoms with Crippen molar-refractivity contribution in [2.75, 3.05) is 37.6 Å². The maximum absolute atomic E-state index is 13.4. The van der Waals surface area contributed by atoms with Gasteiger partial charge in [-0.3, -0.25) is 4.79 Å². The third-order valence-electron chi connectivity index (χ3n) is 10.9. The van der Waals surface area contributed by atoms with Gasteiger partial charge in [-0.1, -0.05) is 41.5 Å². The molecular weight excluding hydrogens is 552 g/mol. The number of rotatable bonds is 7. The van der Waals surface area contributed by atoms with Crippen molar-refractivity contribution in [3.63, 3.8) is 0 Å². The van der Waals surface area contributed by atoms with Crippen LogP contribution in [0.25, 0.3) is 0 Å². The summed E-state index contributed by atoms with van der Waals surface area (Å²) < 4.78 is 6.56. The monoisotopic (exact) mass is 602 g/mol. The highest BCUT2D eigenvalue weighted by Gasteiger charge is 2.64. The Balaban J connectivity index is 1.19. The molecule has 2 saturated heterocycles. The molecule has 1 aliphatic carbocycles. The molecule has 3 heterocycles. The van der Waals surface area contributed by atoms with Crippen LogP contribution in [-0.2, 0) is 0 Å². The molecule has 3 fully saturated rings. The number of piperidine rings is 2. The number of aromatic nitrogens is 2. The van der Waals surface area contributed by atoms with Gasteiger partial charge in [0.15, 0.2) is 0 Å². The normalized spacial score (nSPS) is 26.4. The van der Waals surface area contributed by atoms with Crippen LogP contribution in [0, 0.1) is 47.3 Å². The molecule has 5 rings (SSSR count). The van der Waals surface area contributed by atoms with Gasteiger partial charge in [0.05, 0.1) is 23.3 Å². The largest absolute Gasteiger partial charge is 0.489 e. The SMILES string of the molecule is Cc1c(C#N)ccc(OC2C(C)(C)C(NC(=O)c3cnc(N4CCC(CN5CCC(O)CC5)C(C)(C)C4)nc3)C2(C)C)c1C. The highest BCUT2D eigenvalue weighted by atomic mass is 16.5. The number of hydrogen-bond donors (Lipinski definition) is 2. The van der Waals surface area contributed by atoms with Gasteiger partial charge in [0.2, 0.25) is 5.95 Å². The smallest absolute Gasteiger partial charge is 0.254 e. The first-order valence-electron chi connectivity index (χ1n) is 16.1. The number of hydrogen-bond acceptors (Lipinski definition) is 8. The number of aliphatic hydroxyl groups is 1. The van der Waals surface area contributed by atoms with E-state index >= 15 is 0 Å². The zero-order valence-electron chi connectivity index (χ0n) is 27.8. The minimum atomic E-state index is -0.321. The van der Waals surface area contributed by atoms with Gasteiger partial charge in [0.1, 0.15) is 11.9 Å². The number of carbonyl (C=O) groups excluding carboxylic acids is 1. The molecular formula is C35H50N6O3. The average molecular weight is 603 g/mol. The predicted octanol–water partition coefficient (Wildman–Crippen LogP) is 4.89. The van der Waals surface area contributed by atoms with Gasteiger partial charge in [-0.2, -0.15) is 5.26 Å². The Morgan fingerprint density at radius 1 is 1.02 bits per heavy atom. The van der Waals surface area contributed by atoms with Gasteiger partial charge in [-0.25, -0.2) is 9.97 Å². The number of aliphatic hydroxyl groups excluding tert-OH is 1. The number of nitrogens with zero attached hydrogens (tertiary/aromatic N) is 5. The number of likely N-dealkylation sites (tertiary alicyclic amines) is 1. The summed E-state index contributed by atoms with van der Waals surface area (Å²) in [7, 11) is 0. The van der Waals surface area contributed by atoms with Crippen molar-refractivity contribution < 1.29 is 14.6 Å². The van der Waals surface area contributed by atoms with Crippen LogP contribution in [0.3, 0.4) is 0 Å². The molecule has 1 atom stereocenters. The predicted molar refractivity (Wildman–Crippen MR) is 172 cm³/mol. The summed E-state index contributed by atoms with van der Waals surface area (Å²) in [4.78, 5) is 27.4. The van der Waals surface area contributed by atoms with E-state index in [2.05, 4.69) is 72.7 Å². The fourth-order valence-corrected chi connectivity index (χ4v) is 8.11. The molecule has 9 nitrogen and oxygen atoms in total. The van der Waals surface area contributed by atoms with Crippen molar-refractivity contribution in [1.82, 2.24) is 20.2 Å². The lowest BCUT2D eigenvalue weighted by atomic mass is 9.49. The number of benzene rings is 1. The summed E-state index contributed by atoms with van der Waals surface area (Å²) >= 11 is 0. The summed E-state index contributed by atoms with van der Waals surface area (Å²) in [5.41, 5.74) is 2.46. The van der Waals surface area contributed by atoms with Crippen LogP contribution in [0.15, 0.2) is 24.5 Å². The van der Waals surface area contributed by atoms with Gasteiger partial charge in [-0.15, -0.1) is 0 Å². The molecule has 1 amide bonds. The quantitative estimate of drug-likeness (QED) is 0.461. The standard InChI is InChI=1S/C35H50N6O3/c1-22-23(2)28(10-9-24(22)17-36)44-31-34(5,6)30(35(31,7)8)39-29(43)25-18-37-32(38-19-25)41-16-11-26(33(3,4)21-41)20-40-14-12-27(42)13-15-40/h9-10,18-19,26-27,30-31,42H,11-16,20-21H2,1-8H3,(H,39,43). The number of nitriles is 1. The molecule has 0 spiro atoms. The number of nitrogens with one attached hydrogen (secondary N) is 1. The molecule has 2 aromatic rings. The van der Waals surface area contributed by atoms with Gasteiger partial charge >= 0.3 is 0 Å². The summed E-state index contributed by atoms with van der Waals surface area (Å²) in [6.45, 7) is 21.9. The Labute approximate surface area is 263 Å². The van der Waals surface area contributed by atoms with E-state index in [9.17, 15) is 15.2 Å². The molecule has 0 bridgehead atoms. The van der Waals surface area contributed by atoms with Crippen LogP contribution >= 0.6 is 0 Å². The van der Waals surface area contributed by atoms with E-state index in [0.29, 0.717) is 23.0 Å². The molecule has 2 aliphatic heterocycles. The Hall–Kier alpha value is -3.22. The second kappa shape index (κ2) is 11.9. The van der Waals surface area contributed by atoms with Crippen LogP contribution in [0.4, 0.5) is 5.95 Å². The van der Waals surface area contributed by atoms with Gasteiger partial charge < -0.3 is 25.0 Å². The number of anilines is 1. The van der Waals surface area contributed by atoms with E-state index < -0.39 is 0 Å². The molecule has 3 aliphatic rings. The summed E-state index contributed by atoms with van der Waals surface area (Å²) in [6.07, 6.45) is 5.82. The molecule has 2 N–H and O–H groups in total. The Morgan fingerprint density at radius 2 is 1.66 bits per heavy atom. The minimum Gasteiger partial charge on any atom is -0.489 e. The molecule has 1 unspecified atom stereocenters. The van der Waals surface area contributed by atoms with Crippen LogP contribution in [0.1, 0.15) is 87.9 Å². The maximum Gasteiger partial charge on any atom is 0.254 e. The van der Waals surface area contributed by atoms with Gasteiger partial charge in [0.25, 0.3) is 5.91 Å². The highest BCUT2D eigenvalue weighted by Crippen LogP contribution is 2.56. The third-order valence-corrected chi connectivity index (χ3v) is 10.9. The maximum atomic E-state index is 13.4. The lowest BCUT2D eigenvalue weighted by Crippen LogP contribution is -2.74. The van der Waals surface area contributed by atoms with Gasteiger partial charge in [-0.05, 0) is 67.7 Å². The average Bonchev–Trinajstić information content (AvgIpc) is 2.98. The second-order valence-electron chi connectivity index (χ2n) is 15.2. The van der Waals surface area contributed by atoms with E-state index in [1.807, 2.05) is 26.0 Å². The molecule has 1 aromatic heterocycles. The van der Waals surface area contributed by atoms with E-state index in [4.69, 9.17) is 4.74 Å². The van der Waals surface area contributed by atoms with Crippen molar-refractivity contribution in [2.24, 2.45) is 22.2 Å². The van der Waals surface area contributed by atoms with E-state index in [0.717, 1.165) is 68.9 Å².